The van der Waals surface area contributed by atoms with Crippen LogP contribution in [0.2, 0.25) is 5.02 Å². The molecule has 1 aliphatic rings. The Morgan fingerprint density at radius 2 is 2.15 bits per heavy atom. The summed E-state index contributed by atoms with van der Waals surface area (Å²) in [5.74, 6) is 1.98. The van der Waals surface area contributed by atoms with Gasteiger partial charge >= 0.3 is 0 Å². The van der Waals surface area contributed by atoms with E-state index < -0.39 is 0 Å². The van der Waals surface area contributed by atoms with Gasteiger partial charge in [-0.25, -0.2) is 4.39 Å². The maximum absolute atomic E-state index is 14.5. The van der Waals surface area contributed by atoms with Crippen LogP contribution >= 0.6 is 51.1 Å². The lowest BCUT2D eigenvalue weighted by Crippen LogP contribution is -2.38. The SMILES string of the molecule is CCNC(c1ccc(Br)c(Cl)c1F)C1SCCSC1C. The molecule has 1 heterocycles. The number of nitrogens with one attached hydrogen (secondary N) is 1. The molecule has 112 valence electrons. The van der Waals surface area contributed by atoms with Crippen molar-refractivity contribution in [2.45, 2.75) is 30.4 Å². The Labute approximate surface area is 141 Å². The highest BCUT2D eigenvalue weighted by Crippen LogP contribution is 2.41. The van der Waals surface area contributed by atoms with E-state index in [1.54, 1.807) is 0 Å². The predicted octanol–water partition coefficient (Wildman–Crippen LogP) is 5.13. The first-order valence-electron chi connectivity index (χ1n) is 6.66. The van der Waals surface area contributed by atoms with E-state index in [0.717, 1.165) is 12.3 Å². The van der Waals surface area contributed by atoms with Crippen LogP contribution in [-0.4, -0.2) is 28.6 Å². The summed E-state index contributed by atoms with van der Waals surface area (Å²) < 4.78 is 15.1. The van der Waals surface area contributed by atoms with Crippen LogP contribution < -0.4 is 5.32 Å². The monoisotopic (exact) mass is 397 g/mol. The molecule has 1 aromatic carbocycles. The second-order valence-electron chi connectivity index (χ2n) is 4.71. The maximum atomic E-state index is 14.5. The zero-order valence-electron chi connectivity index (χ0n) is 11.5. The molecule has 1 nitrogen and oxygen atoms in total. The number of hydrogen-bond acceptors (Lipinski definition) is 3. The molecule has 3 unspecified atom stereocenters. The maximum Gasteiger partial charge on any atom is 0.147 e. The fourth-order valence-corrected chi connectivity index (χ4v) is 5.84. The summed E-state index contributed by atoms with van der Waals surface area (Å²) in [5, 5.41) is 4.47. The molecule has 0 aromatic heterocycles. The third-order valence-corrected chi connectivity index (χ3v) is 7.84. The summed E-state index contributed by atoms with van der Waals surface area (Å²) >= 11 is 13.2. The van der Waals surface area contributed by atoms with Gasteiger partial charge in [-0.1, -0.05) is 31.5 Å². The second-order valence-corrected chi connectivity index (χ2v) is 8.71. The Hall–Kier alpha value is 0.580. The van der Waals surface area contributed by atoms with Gasteiger partial charge in [-0.05, 0) is 28.5 Å². The first-order valence-corrected chi connectivity index (χ1v) is 9.93. The molecule has 0 amide bonds. The second kappa shape index (κ2) is 7.73. The Kier molecular flexibility index (Phi) is 6.54. The van der Waals surface area contributed by atoms with E-state index in [1.165, 1.54) is 5.75 Å². The third-order valence-electron chi connectivity index (χ3n) is 3.39. The van der Waals surface area contributed by atoms with Gasteiger partial charge in [-0.15, -0.1) is 0 Å². The quantitative estimate of drug-likeness (QED) is 0.706. The largest absolute Gasteiger partial charge is 0.309 e. The van der Waals surface area contributed by atoms with Crippen LogP contribution in [0.25, 0.3) is 0 Å². The molecule has 1 N–H and O–H groups in total. The highest BCUT2D eigenvalue weighted by molar-refractivity contribution is 9.10. The van der Waals surface area contributed by atoms with Crippen molar-refractivity contribution in [3.8, 4) is 0 Å². The fraction of sp³-hybridized carbons (Fsp3) is 0.571. The molecule has 0 bridgehead atoms. The minimum Gasteiger partial charge on any atom is -0.309 e. The van der Waals surface area contributed by atoms with E-state index >= 15 is 0 Å². The van der Waals surface area contributed by atoms with Crippen molar-refractivity contribution in [2.24, 2.45) is 0 Å². The zero-order chi connectivity index (χ0) is 14.7. The van der Waals surface area contributed by atoms with Crippen molar-refractivity contribution in [1.82, 2.24) is 5.32 Å². The minimum absolute atomic E-state index is 0.00148. The van der Waals surface area contributed by atoms with Gasteiger partial charge in [0.2, 0.25) is 0 Å². The fourth-order valence-electron chi connectivity index (χ4n) is 2.42. The molecule has 0 aliphatic carbocycles. The number of thioether (sulfide) groups is 2. The van der Waals surface area contributed by atoms with Gasteiger partial charge in [0, 0.05) is 38.1 Å². The average Bonchev–Trinajstić information content (AvgIpc) is 2.44. The highest BCUT2D eigenvalue weighted by Gasteiger charge is 2.33. The average molecular weight is 399 g/mol. The van der Waals surface area contributed by atoms with Crippen LogP contribution in [-0.2, 0) is 0 Å². The van der Waals surface area contributed by atoms with E-state index in [2.05, 4.69) is 35.1 Å². The number of halogens is 3. The molecule has 1 fully saturated rings. The summed E-state index contributed by atoms with van der Waals surface area (Å²) in [6.45, 7) is 5.09. The summed E-state index contributed by atoms with van der Waals surface area (Å²) in [4.78, 5) is 0. The molecular weight excluding hydrogens is 381 g/mol. The topological polar surface area (TPSA) is 12.0 Å². The lowest BCUT2D eigenvalue weighted by Gasteiger charge is -2.35. The lowest BCUT2D eigenvalue weighted by molar-refractivity contribution is 0.493. The molecule has 2 rings (SSSR count). The summed E-state index contributed by atoms with van der Waals surface area (Å²) in [6, 6.07) is 3.67. The van der Waals surface area contributed by atoms with Crippen LogP contribution in [0.1, 0.15) is 25.5 Å². The standard InChI is InChI=1S/C14H18BrClFNS2/c1-3-18-13(14-8(2)19-6-7-20-14)9-4-5-10(15)11(16)12(9)17/h4-5,8,13-14,18H,3,6-7H2,1-2H3. The molecule has 0 saturated carbocycles. The zero-order valence-corrected chi connectivity index (χ0v) is 15.4. The molecule has 1 saturated heterocycles. The minimum atomic E-state index is -0.310. The van der Waals surface area contributed by atoms with Gasteiger partial charge < -0.3 is 5.32 Å². The summed E-state index contributed by atoms with van der Waals surface area (Å²) in [5.41, 5.74) is 0.673. The summed E-state index contributed by atoms with van der Waals surface area (Å²) in [7, 11) is 0. The van der Waals surface area contributed by atoms with Crippen molar-refractivity contribution < 1.29 is 4.39 Å². The van der Waals surface area contributed by atoms with E-state index in [0.29, 0.717) is 20.5 Å². The van der Waals surface area contributed by atoms with Gasteiger partial charge in [0.15, 0.2) is 0 Å². The molecule has 3 atom stereocenters. The third kappa shape index (κ3) is 3.67. The van der Waals surface area contributed by atoms with Crippen LogP contribution in [0.4, 0.5) is 4.39 Å². The normalized spacial score (nSPS) is 24.6. The van der Waals surface area contributed by atoms with E-state index in [-0.39, 0.29) is 16.9 Å². The van der Waals surface area contributed by atoms with Crippen LogP contribution in [0, 0.1) is 5.82 Å². The molecule has 0 spiro atoms. The van der Waals surface area contributed by atoms with Crippen molar-refractivity contribution >= 4 is 51.1 Å². The summed E-state index contributed by atoms with van der Waals surface area (Å²) in [6.07, 6.45) is 0. The van der Waals surface area contributed by atoms with E-state index in [4.69, 9.17) is 11.6 Å². The van der Waals surface area contributed by atoms with Gasteiger partial charge in [-0.3, -0.25) is 0 Å². The number of rotatable bonds is 4. The first-order chi connectivity index (χ1) is 9.56. The van der Waals surface area contributed by atoms with Gasteiger partial charge in [0.05, 0.1) is 5.02 Å². The van der Waals surface area contributed by atoms with Crippen molar-refractivity contribution in [1.29, 1.82) is 0 Å². The van der Waals surface area contributed by atoms with Gasteiger partial charge in [0.1, 0.15) is 5.82 Å². The van der Waals surface area contributed by atoms with Gasteiger partial charge in [0.25, 0.3) is 0 Å². The van der Waals surface area contributed by atoms with Crippen molar-refractivity contribution in [2.75, 3.05) is 18.1 Å². The van der Waals surface area contributed by atoms with Crippen molar-refractivity contribution in [3.05, 3.63) is 33.0 Å². The van der Waals surface area contributed by atoms with Crippen LogP contribution in [0.3, 0.4) is 0 Å². The molecule has 6 heteroatoms. The van der Waals surface area contributed by atoms with Crippen LogP contribution in [0.15, 0.2) is 16.6 Å². The Morgan fingerprint density at radius 3 is 2.80 bits per heavy atom. The first kappa shape index (κ1) is 16.9. The molecule has 0 radical (unpaired) electrons. The Balaban J connectivity index is 2.35. The number of hydrogen-bond donors (Lipinski definition) is 1. The lowest BCUT2D eigenvalue weighted by atomic mass is 10.0. The Bertz CT molecular complexity index is 475. The smallest absolute Gasteiger partial charge is 0.147 e. The molecule has 20 heavy (non-hydrogen) atoms. The van der Waals surface area contributed by atoms with E-state index in [9.17, 15) is 4.39 Å². The van der Waals surface area contributed by atoms with Crippen molar-refractivity contribution in [3.63, 3.8) is 0 Å². The highest BCUT2D eigenvalue weighted by atomic mass is 79.9. The van der Waals surface area contributed by atoms with Gasteiger partial charge in [-0.2, -0.15) is 23.5 Å². The van der Waals surface area contributed by atoms with E-state index in [1.807, 2.05) is 35.7 Å². The van der Waals surface area contributed by atoms with Crippen LogP contribution in [0.5, 0.6) is 0 Å². The molecule has 1 aliphatic heterocycles. The Morgan fingerprint density at radius 1 is 1.45 bits per heavy atom. The molecule has 1 aromatic rings. The predicted molar refractivity (Wildman–Crippen MR) is 93.7 cm³/mol. The molecular formula is C14H18BrClFNS2. The number of benzene rings is 1.